The van der Waals surface area contributed by atoms with Gasteiger partial charge in [-0.2, -0.15) is 0 Å². The summed E-state index contributed by atoms with van der Waals surface area (Å²) < 4.78 is 10.4. The van der Waals surface area contributed by atoms with E-state index in [4.69, 9.17) is 14.9 Å². The highest BCUT2D eigenvalue weighted by atomic mass is 35.5. The van der Waals surface area contributed by atoms with Crippen LogP contribution < -0.4 is 10.5 Å². The lowest BCUT2D eigenvalue weighted by Crippen LogP contribution is -2.50. The average Bonchev–Trinajstić information content (AvgIpc) is 3.21. The summed E-state index contributed by atoms with van der Waals surface area (Å²) in [4.78, 5) is 28.5. The van der Waals surface area contributed by atoms with Crippen molar-refractivity contribution in [3.63, 3.8) is 0 Å². The number of nitrogens with zero attached hydrogens (tertiary/aromatic N) is 2. The number of aryl methyl sites for hydroxylation is 1. The summed E-state index contributed by atoms with van der Waals surface area (Å²) in [6.45, 7) is 2.42. The molecule has 0 radical (unpaired) electrons. The van der Waals surface area contributed by atoms with Crippen molar-refractivity contribution in [2.24, 2.45) is 5.73 Å². The zero-order chi connectivity index (χ0) is 19.2. The highest BCUT2D eigenvalue weighted by Gasteiger charge is 2.25. The molecule has 2 N–H and O–H groups in total. The maximum atomic E-state index is 12.5. The van der Waals surface area contributed by atoms with Crippen molar-refractivity contribution in [3.05, 3.63) is 53.5 Å². The van der Waals surface area contributed by atoms with E-state index in [2.05, 4.69) is 0 Å². The first-order valence-electron chi connectivity index (χ1n) is 9.08. The van der Waals surface area contributed by atoms with E-state index >= 15 is 0 Å². The molecule has 2 aromatic rings. The second-order valence-electron chi connectivity index (χ2n) is 6.53. The number of hydrogen-bond acceptors (Lipinski definition) is 5. The van der Waals surface area contributed by atoms with Gasteiger partial charge in [0.05, 0.1) is 19.2 Å². The molecular weight excluding hydrogens is 382 g/mol. The molecule has 1 aliphatic rings. The number of ether oxygens (including phenoxy) is 1. The van der Waals surface area contributed by atoms with E-state index in [1.807, 2.05) is 29.2 Å². The van der Waals surface area contributed by atoms with Gasteiger partial charge in [-0.1, -0.05) is 12.1 Å². The predicted molar refractivity (Wildman–Crippen MR) is 108 cm³/mol. The van der Waals surface area contributed by atoms with E-state index in [1.165, 1.54) is 6.26 Å². The number of carbonyl (C=O) groups is 2. The van der Waals surface area contributed by atoms with Gasteiger partial charge in [0.1, 0.15) is 17.8 Å². The second kappa shape index (κ2) is 10.1. The highest BCUT2D eigenvalue weighted by Crippen LogP contribution is 2.15. The van der Waals surface area contributed by atoms with Crippen LogP contribution in [-0.2, 0) is 17.8 Å². The van der Waals surface area contributed by atoms with Crippen LogP contribution in [0.25, 0.3) is 0 Å². The van der Waals surface area contributed by atoms with Crippen LogP contribution in [0.4, 0.5) is 0 Å². The Morgan fingerprint density at radius 2 is 1.75 bits per heavy atom. The van der Waals surface area contributed by atoms with E-state index in [-0.39, 0.29) is 30.8 Å². The molecule has 2 heterocycles. The maximum Gasteiger partial charge on any atom is 0.257 e. The Kier molecular flexibility index (Phi) is 7.90. The molecule has 0 atom stereocenters. The lowest BCUT2D eigenvalue weighted by atomic mass is 10.1. The second-order valence-corrected chi connectivity index (χ2v) is 6.53. The lowest BCUT2D eigenvalue weighted by Gasteiger charge is -2.34. The van der Waals surface area contributed by atoms with Crippen molar-refractivity contribution >= 4 is 24.2 Å². The van der Waals surface area contributed by atoms with Gasteiger partial charge in [-0.25, -0.2) is 0 Å². The molecule has 1 aromatic heterocycles. The number of benzene rings is 1. The number of methoxy groups -OCH3 is 1. The molecular formula is C20H26ClN3O4. The Morgan fingerprint density at radius 1 is 1.11 bits per heavy atom. The molecule has 0 aliphatic carbocycles. The van der Waals surface area contributed by atoms with Crippen LogP contribution in [0.5, 0.6) is 5.75 Å². The van der Waals surface area contributed by atoms with Crippen molar-refractivity contribution < 1.29 is 18.7 Å². The summed E-state index contributed by atoms with van der Waals surface area (Å²) in [7, 11) is 1.63. The largest absolute Gasteiger partial charge is 0.497 e. The first-order valence-corrected chi connectivity index (χ1v) is 9.08. The highest BCUT2D eigenvalue weighted by molar-refractivity contribution is 5.94. The lowest BCUT2D eigenvalue weighted by molar-refractivity contribution is -0.132. The van der Waals surface area contributed by atoms with Crippen molar-refractivity contribution in [3.8, 4) is 5.75 Å². The predicted octanol–water partition coefficient (Wildman–Crippen LogP) is 2.09. The fraction of sp³-hybridized carbons (Fsp3) is 0.400. The standard InChI is InChI=1S/C20H25N3O4.ClH/c1-26-17-5-2-15(3-6-17)4-7-19(24)22-8-10-23(11-9-22)20(25)16-12-18(13-21)27-14-16;/h2-3,5-6,12,14H,4,7-11,13,21H2,1H3;1H. The molecule has 2 amide bonds. The average molecular weight is 408 g/mol. The van der Waals surface area contributed by atoms with Crippen LogP contribution in [0.1, 0.15) is 28.1 Å². The monoisotopic (exact) mass is 407 g/mol. The summed E-state index contributed by atoms with van der Waals surface area (Å²) in [5.74, 6) is 1.43. The molecule has 1 aliphatic heterocycles. The van der Waals surface area contributed by atoms with Crippen molar-refractivity contribution in [1.29, 1.82) is 0 Å². The van der Waals surface area contributed by atoms with Crippen LogP contribution in [0, 0.1) is 0 Å². The number of amides is 2. The Bertz CT molecular complexity index is 783. The number of piperazine rings is 1. The van der Waals surface area contributed by atoms with Gasteiger partial charge in [-0.3, -0.25) is 9.59 Å². The minimum Gasteiger partial charge on any atom is -0.497 e. The van der Waals surface area contributed by atoms with E-state index in [0.29, 0.717) is 50.3 Å². The van der Waals surface area contributed by atoms with Crippen molar-refractivity contribution in [2.45, 2.75) is 19.4 Å². The minimum atomic E-state index is -0.0798. The third-order valence-corrected chi connectivity index (χ3v) is 4.81. The van der Waals surface area contributed by atoms with E-state index in [9.17, 15) is 9.59 Å². The molecule has 0 unspecified atom stereocenters. The molecule has 1 saturated heterocycles. The van der Waals surface area contributed by atoms with Crippen LogP contribution in [0.2, 0.25) is 0 Å². The number of carbonyl (C=O) groups excluding carboxylic acids is 2. The molecule has 1 fully saturated rings. The summed E-state index contributed by atoms with van der Waals surface area (Å²) in [5.41, 5.74) is 7.12. The van der Waals surface area contributed by atoms with Gasteiger partial charge in [-0.05, 0) is 30.2 Å². The smallest absolute Gasteiger partial charge is 0.257 e. The van der Waals surface area contributed by atoms with Crippen LogP contribution in [0.3, 0.4) is 0 Å². The normalized spacial score (nSPS) is 13.8. The topological polar surface area (TPSA) is 89.0 Å². The number of hydrogen-bond donors (Lipinski definition) is 1. The minimum absolute atomic E-state index is 0. The first-order chi connectivity index (χ1) is 13.1. The summed E-state index contributed by atoms with van der Waals surface area (Å²) in [5, 5.41) is 0. The first kappa shape index (κ1) is 21.8. The van der Waals surface area contributed by atoms with E-state index in [0.717, 1.165) is 11.3 Å². The van der Waals surface area contributed by atoms with Crippen molar-refractivity contribution in [2.75, 3.05) is 33.3 Å². The van der Waals surface area contributed by atoms with Gasteiger partial charge < -0.3 is 24.7 Å². The summed E-state index contributed by atoms with van der Waals surface area (Å²) >= 11 is 0. The van der Waals surface area contributed by atoms with Crippen molar-refractivity contribution in [1.82, 2.24) is 9.80 Å². The van der Waals surface area contributed by atoms with Gasteiger partial charge in [0, 0.05) is 32.6 Å². The third-order valence-electron chi connectivity index (χ3n) is 4.81. The molecule has 0 bridgehead atoms. The molecule has 1 aromatic carbocycles. The van der Waals surface area contributed by atoms with Crippen LogP contribution in [0.15, 0.2) is 41.0 Å². The number of furan rings is 1. The van der Waals surface area contributed by atoms with Crippen LogP contribution >= 0.6 is 12.4 Å². The van der Waals surface area contributed by atoms with E-state index < -0.39 is 0 Å². The van der Waals surface area contributed by atoms with Gasteiger partial charge in [0.15, 0.2) is 0 Å². The summed E-state index contributed by atoms with van der Waals surface area (Å²) in [6.07, 6.45) is 2.59. The third kappa shape index (κ3) is 5.27. The molecule has 7 nitrogen and oxygen atoms in total. The quantitative estimate of drug-likeness (QED) is 0.791. The van der Waals surface area contributed by atoms with Gasteiger partial charge >= 0.3 is 0 Å². The SMILES string of the molecule is COc1ccc(CCC(=O)N2CCN(C(=O)c3coc(CN)c3)CC2)cc1.Cl. The maximum absolute atomic E-state index is 12.5. The molecule has 3 rings (SSSR count). The fourth-order valence-electron chi connectivity index (χ4n) is 3.14. The Morgan fingerprint density at radius 3 is 2.32 bits per heavy atom. The zero-order valence-electron chi connectivity index (χ0n) is 15.9. The number of halogens is 1. The molecule has 0 spiro atoms. The Labute approximate surface area is 170 Å². The van der Waals surface area contributed by atoms with Gasteiger partial charge in [0.2, 0.25) is 5.91 Å². The van der Waals surface area contributed by atoms with Gasteiger partial charge in [0.25, 0.3) is 5.91 Å². The molecule has 0 saturated carbocycles. The summed E-state index contributed by atoms with van der Waals surface area (Å²) in [6, 6.07) is 9.42. The number of nitrogens with two attached hydrogens (primary N) is 1. The molecule has 152 valence electrons. The molecule has 8 heteroatoms. The van der Waals surface area contributed by atoms with E-state index in [1.54, 1.807) is 18.1 Å². The van der Waals surface area contributed by atoms with Crippen LogP contribution in [-0.4, -0.2) is 54.9 Å². The zero-order valence-corrected chi connectivity index (χ0v) is 16.7. The molecule has 28 heavy (non-hydrogen) atoms. The Hall–Kier alpha value is -2.51. The fourth-order valence-corrected chi connectivity index (χ4v) is 3.14. The number of rotatable bonds is 6. The Balaban J connectivity index is 0.00000280. The van der Waals surface area contributed by atoms with Gasteiger partial charge in [-0.15, -0.1) is 12.4 Å².